The number of carbonyl (C=O) groups excluding carboxylic acids is 1. The first-order chi connectivity index (χ1) is 18.6. The second kappa shape index (κ2) is 12.9. The second-order valence-electron chi connectivity index (χ2n) is 9.98. The molecule has 1 atom stereocenters. The molecule has 3 aromatic rings. The molecule has 2 heterocycles. The molecule has 1 fully saturated rings. The smallest absolute Gasteiger partial charge is 0.166 e. The summed E-state index contributed by atoms with van der Waals surface area (Å²) >= 11 is 1.78. The van der Waals surface area contributed by atoms with Gasteiger partial charge in [-0.15, -0.1) is 0 Å². The third-order valence-corrected chi connectivity index (χ3v) is 8.57. The average molecular weight is 535 g/mol. The lowest BCUT2D eigenvalue weighted by molar-refractivity contribution is 0.0228. The van der Waals surface area contributed by atoms with Crippen LogP contribution in [0.25, 0.3) is 0 Å². The maximum absolute atomic E-state index is 13.2. The molecule has 2 aliphatic rings. The molecule has 1 saturated heterocycles. The van der Waals surface area contributed by atoms with E-state index in [-0.39, 0.29) is 23.6 Å². The molecule has 0 spiro atoms. The van der Waals surface area contributed by atoms with Crippen LogP contribution in [0.4, 0.5) is 4.39 Å². The number of ketones is 1. The highest BCUT2D eigenvalue weighted by Gasteiger charge is 2.30. The van der Waals surface area contributed by atoms with Crippen LogP contribution in [0.2, 0.25) is 0 Å². The number of methoxy groups -OCH3 is 1. The van der Waals surface area contributed by atoms with Gasteiger partial charge in [0.15, 0.2) is 5.78 Å². The van der Waals surface area contributed by atoms with Gasteiger partial charge in [-0.3, -0.25) is 4.79 Å². The van der Waals surface area contributed by atoms with E-state index in [1.165, 1.54) is 17.0 Å². The molecule has 0 aromatic heterocycles. The molecule has 0 aliphatic carbocycles. The Balaban J connectivity index is 1.13. The number of Topliss-reactive ketones (excluding diaryl/α,β-unsaturated/α-hetero) is 1. The fourth-order valence-electron chi connectivity index (χ4n) is 5.33. The van der Waals surface area contributed by atoms with Gasteiger partial charge in [0, 0.05) is 35.0 Å². The molecule has 0 N–H and O–H groups in total. The van der Waals surface area contributed by atoms with E-state index in [2.05, 4.69) is 27.4 Å². The molecule has 1 unspecified atom stereocenters. The van der Waals surface area contributed by atoms with Crippen molar-refractivity contribution in [2.75, 3.05) is 39.8 Å². The predicted octanol–water partition coefficient (Wildman–Crippen LogP) is 6.40. The summed E-state index contributed by atoms with van der Waals surface area (Å²) in [5.74, 6) is 0.749. The molecule has 5 nitrogen and oxygen atoms in total. The highest BCUT2D eigenvalue weighted by atomic mass is 32.2. The average Bonchev–Trinajstić information content (AvgIpc) is 2.96. The molecule has 5 rings (SSSR count). The normalized spacial score (nSPS) is 18.7. The summed E-state index contributed by atoms with van der Waals surface area (Å²) in [4.78, 5) is 16.4. The molecule has 0 radical (unpaired) electrons. The van der Waals surface area contributed by atoms with Crippen molar-refractivity contribution >= 4 is 17.7 Å². The van der Waals surface area contributed by atoms with E-state index in [4.69, 9.17) is 9.47 Å². The molecule has 0 amide bonds. The van der Waals surface area contributed by atoms with Crippen molar-refractivity contribution in [3.8, 4) is 5.75 Å². The number of likely N-dealkylation sites (tertiary alicyclic amines) is 1. The van der Waals surface area contributed by atoms with Gasteiger partial charge in [-0.1, -0.05) is 36.4 Å². The number of fused-ring (bicyclic) bond motifs is 1. The van der Waals surface area contributed by atoms with Gasteiger partial charge in [-0.25, -0.2) is 8.70 Å². The minimum Gasteiger partial charge on any atom is -0.496 e. The zero-order valence-corrected chi connectivity index (χ0v) is 22.7. The van der Waals surface area contributed by atoms with Gasteiger partial charge < -0.3 is 14.4 Å². The minimum atomic E-state index is -0.306. The van der Waals surface area contributed by atoms with Crippen molar-refractivity contribution in [1.29, 1.82) is 0 Å². The SMILES string of the molecule is COc1cccc2c1C(OCc1ccccc1)CN(CCCN1CCC(C(=O)c3ccc(F)cc3)CC1)S2. The lowest BCUT2D eigenvalue weighted by Gasteiger charge is -2.35. The van der Waals surface area contributed by atoms with Crippen LogP contribution in [-0.2, 0) is 11.3 Å². The van der Waals surface area contributed by atoms with E-state index in [0.29, 0.717) is 12.2 Å². The summed E-state index contributed by atoms with van der Waals surface area (Å²) in [7, 11) is 1.72. The maximum Gasteiger partial charge on any atom is 0.166 e. The second-order valence-corrected chi connectivity index (χ2v) is 11.1. The Morgan fingerprint density at radius 3 is 2.47 bits per heavy atom. The quantitative estimate of drug-likeness (QED) is 0.222. The molecule has 3 aromatic carbocycles. The topological polar surface area (TPSA) is 42.0 Å². The molecular weight excluding hydrogens is 499 g/mol. The van der Waals surface area contributed by atoms with Crippen molar-refractivity contribution in [3.05, 3.63) is 95.3 Å². The molecule has 200 valence electrons. The predicted molar refractivity (Wildman–Crippen MR) is 149 cm³/mol. The van der Waals surface area contributed by atoms with Crippen LogP contribution in [0.5, 0.6) is 5.75 Å². The van der Waals surface area contributed by atoms with Crippen LogP contribution in [-0.4, -0.2) is 54.8 Å². The number of ether oxygens (including phenoxy) is 2. The number of piperidine rings is 1. The van der Waals surface area contributed by atoms with Crippen LogP contribution in [0.3, 0.4) is 0 Å². The van der Waals surface area contributed by atoms with Crippen molar-refractivity contribution in [2.45, 2.75) is 36.9 Å². The summed E-state index contributed by atoms with van der Waals surface area (Å²) in [6.45, 7) is 5.18. The lowest BCUT2D eigenvalue weighted by Crippen LogP contribution is -2.38. The standard InChI is InChI=1S/C31H35FN2O3S/c1-36-27-9-5-10-29-30(27)28(37-22-23-7-3-2-4-8-23)21-34(38-29)18-6-17-33-19-15-25(16-20-33)31(35)24-11-13-26(32)14-12-24/h2-5,7-14,25,28H,6,15-22H2,1H3. The van der Waals surface area contributed by atoms with Gasteiger partial charge >= 0.3 is 0 Å². The highest BCUT2D eigenvalue weighted by Crippen LogP contribution is 2.43. The van der Waals surface area contributed by atoms with E-state index < -0.39 is 0 Å². The van der Waals surface area contributed by atoms with Gasteiger partial charge in [-0.05, 0) is 92.8 Å². The van der Waals surface area contributed by atoms with E-state index in [1.807, 2.05) is 30.3 Å². The third-order valence-electron chi connectivity index (χ3n) is 7.43. The molecule has 0 saturated carbocycles. The first-order valence-corrected chi connectivity index (χ1v) is 14.2. The minimum absolute atomic E-state index is 0.0309. The number of hydrogen-bond donors (Lipinski definition) is 0. The number of halogens is 1. The highest BCUT2D eigenvalue weighted by molar-refractivity contribution is 7.97. The third kappa shape index (κ3) is 6.64. The zero-order valence-electron chi connectivity index (χ0n) is 21.9. The fraction of sp³-hybridized carbons (Fsp3) is 0.387. The number of rotatable bonds is 10. The first-order valence-electron chi connectivity index (χ1n) is 13.4. The maximum atomic E-state index is 13.2. The first kappa shape index (κ1) is 26.9. The molecule has 7 heteroatoms. The van der Waals surface area contributed by atoms with Crippen molar-refractivity contribution in [1.82, 2.24) is 9.21 Å². The van der Waals surface area contributed by atoms with Gasteiger partial charge in [0.2, 0.25) is 0 Å². The van der Waals surface area contributed by atoms with Crippen LogP contribution >= 0.6 is 11.9 Å². The lowest BCUT2D eigenvalue weighted by atomic mass is 9.89. The molecule has 2 aliphatic heterocycles. The summed E-state index contributed by atoms with van der Waals surface area (Å²) in [5, 5.41) is 0. The Kier molecular flexibility index (Phi) is 9.12. The van der Waals surface area contributed by atoms with Gasteiger partial charge in [0.1, 0.15) is 17.7 Å². The Morgan fingerprint density at radius 2 is 1.74 bits per heavy atom. The van der Waals surface area contributed by atoms with Crippen LogP contribution in [0.15, 0.2) is 77.7 Å². The fourth-order valence-corrected chi connectivity index (χ4v) is 6.51. The Bertz CT molecular complexity index is 1200. The molecular formula is C31H35FN2O3S. The number of hydrogen-bond acceptors (Lipinski definition) is 6. The Hall–Kier alpha value is -2.71. The van der Waals surface area contributed by atoms with E-state index in [1.54, 1.807) is 31.2 Å². The Labute approximate surface area is 229 Å². The van der Waals surface area contributed by atoms with Crippen molar-refractivity contribution in [2.24, 2.45) is 5.92 Å². The van der Waals surface area contributed by atoms with Gasteiger partial charge in [0.25, 0.3) is 0 Å². The van der Waals surface area contributed by atoms with E-state index >= 15 is 0 Å². The van der Waals surface area contributed by atoms with Crippen LogP contribution in [0.1, 0.15) is 46.9 Å². The van der Waals surface area contributed by atoms with Crippen molar-refractivity contribution < 1.29 is 18.7 Å². The van der Waals surface area contributed by atoms with E-state index in [9.17, 15) is 9.18 Å². The molecule has 38 heavy (non-hydrogen) atoms. The van der Waals surface area contributed by atoms with E-state index in [0.717, 1.165) is 68.9 Å². The van der Waals surface area contributed by atoms with Gasteiger partial charge in [-0.2, -0.15) is 0 Å². The number of nitrogens with zero attached hydrogens (tertiary/aromatic N) is 2. The van der Waals surface area contributed by atoms with Crippen molar-refractivity contribution in [3.63, 3.8) is 0 Å². The number of carbonyl (C=O) groups is 1. The zero-order chi connectivity index (χ0) is 26.3. The summed E-state index contributed by atoms with van der Waals surface area (Å²) in [6.07, 6.45) is 2.71. The van der Waals surface area contributed by atoms with Crippen LogP contribution < -0.4 is 4.74 Å². The largest absolute Gasteiger partial charge is 0.496 e. The summed E-state index contributed by atoms with van der Waals surface area (Å²) < 4.78 is 27.7. The summed E-state index contributed by atoms with van der Waals surface area (Å²) in [5.41, 5.74) is 2.92. The molecule has 0 bridgehead atoms. The Morgan fingerprint density at radius 1 is 0.974 bits per heavy atom. The van der Waals surface area contributed by atoms with Crippen LogP contribution in [0, 0.1) is 11.7 Å². The number of benzene rings is 3. The monoisotopic (exact) mass is 534 g/mol. The summed E-state index contributed by atoms with van der Waals surface area (Å²) in [6, 6.07) is 22.4. The van der Waals surface area contributed by atoms with Gasteiger partial charge in [0.05, 0.1) is 13.7 Å².